The molecule has 0 bridgehead atoms. The lowest BCUT2D eigenvalue weighted by molar-refractivity contribution is 0.0599. The number of pyridine rings is 1. The summed E-state index contributed by atoms with van der Waals surface area (Å²) in [6, 6.07) is 6.86. The first kappa shape index (κ1) is 24.1. The highest BCUT2D eigenvalue weighted by atomic mass is 32.1. The number of thiocarbonyl (C=S) groups is 1. The molecule has 2 aromatic heterocycles. The highest BCUT2D eigenvalue weighted by Gasteiger charge is 2.23. The predicted molar refractivity (Wildman–Crippen MR) is 134 cm³/mol. The van der Waals surface area contributed by atoms with Crippen LogP contribution in [0.4, 0.5) is 11.6 Å². The summed E-state index contributed by atoms with van der Waals surface area (Å²) in [6.07, 6.45) is 2.72. The number of aryl methyl sites for hydroxylation is 1. The van der Waals surface area contributed by atoms with Crippen LogP contribution in [-0.2, 0) is 11.3 Å². The van der Waals surface area contributed by atoms with Crippen molar-refractivity contribution in [2.45, 2.75) is 13.5 Å². The molecule has 3 aromatic rings. The number of carbonyl (C=O) groups is 2. The van der Waals surface area contributed by atoms with Crippen molar-refractivity contribution in [3.05, 3.63) is 58.0 Å². The van der Waals surface area contributed by atoms with E-state index in [2.05, 4.69) is 15.3 Å². The highest BCUT2D eigenvalue weighted by Crippen LogP contribution is 2.17. The zero-order valence-corrected chi connectivity index (χ0v) is 20.0. The molecule has 12 heteroatoms. The van der Waals surface area contributed by atoms with Gasteiger partial charge >= 0.3 is 11.9 Å². The van der Waals surface area contributed by atoms with E-state index in [1.54, 1.807) is 28.8 Å². The van der Waals surface area contributed by atoms with Crippen LogP contribution in [0.1, 0.15) is 27.6 Å². The minimum Gasteiger partial charge on any atom is -0.477 e. The second kappa shape index (κ2) is 10.1. The van der Waals surface area contributed by atoms with Crippen LogP contribution in [0.2, 0.25) is 0 Å². The van der Waals surface area contributed by atoms with Gasteiger partial charge in [0.2, 0.25) is 11.4 Å². The van der Waals surface area contributed by atoms with Crippen LogP contribution in [0.3, 0.4) is 0 Å². The smallest absolute Gasteiger partial charge is 0.341 e. The van der Waals surface area contributed by atoms with Crippen molar-refractivity contribution in [2.75, 3.05) is 43.5 Å². The Balaban J connectivity index is 1.44. The number of carbonyl (C=O) groups excluding carboxylic acids is 1. The van der Waals surface area contributed by atoms with Gasteiger partial charge in [-0.15, -0.1) is 0 Å². The fourth-order valence-electron chi connectivity index (χ4n) is 3.83. The highest BCUT2D eigenvalue weighted by molar-refractivity contribution is 7.80. The Morgan fingerprint density at radius 1 is 1.17 bits per heavy atom. The second-order valence-electron chi connectivity index (χ2n) is 7.84. The zero-order valence-electron chi connectivity index (χ0n) is 19.2. The maximum atomic E-state index is 12.5. The third-order valence-electron chi connectivity index (χ3n) is 5.78. The average Bonchev–Trinajstić information content (AvgIpc) is 2.88. The molecule has 4 rings (SSSR count). The van der Waals surface area contributed by atoms with Gasteiger partial charge in [-0.3, -0.25) is 4.79 Å². The molecule has 182 valence electrons. The predicted octanol–water partition coefficient (Wildman–Crippen LogP) is 1.82. The molecule has 2 N–H and O–H groups in total. The number of carboxylic acids is 1. The normalized spacial score (nSPS) is 13.5. The summed E-state index contributed by atoms with van der Waals surface area (Å²) in [5, 5.41) is 13.2. The van der Waals surface area contributed by atoms with Gasteiger partial charge in [-0.1, -0.05) is 0 Å². The summed E-state index contributed by atoms with van der Waals surface area (Å²) in [4.78, 5) is 48.4. The van der Waals surface area contributed by atoms with Gasteiger partial charge in [-0.05, 0) is 43.4 Å². The number of ether oxygens (including phenoxy) is 1. The number of benzene rings is 1. The molecule has 0 radical (unpaired) electrons. The van der Waals surface area contributed by atoms with Crippen molar-refractivity contribution in [3.8, 4) is 0 Å². The van der Waals surface area contributed by atoms with Crippen LogP contribution < -0.4 is 15.6 Å². The quantitative estimate of drug-likeness (QED) is 0.396. The molecule has 3 heterocycles. The molecule has 1 saturated heterocycles. The van der Waals surface area contributed by atoms with Gasteiger partial charge < -0.3 is 29.5 Å². The third kappa shape index (κ3) is 4.92. The van der Waals surface area contributed by atoms with Gasteiger partial charge in [0, 0.05) is 50.8 Å². The zero-order chi connectivity index (χ0) is 25.1. The monoisotopic (exact) mass is 496 g/mol. The second-order valence-corrected chi connectivity index (χ2v) is 8.23. The lowest BCUT2D eigenvalue weighted by atomic mass is 10.2. The minimum absolute atomic E-state index is 0.178. The number of piperazine rings is 1. The van der Waals surface area contributed by atoms with Crippen molar-refractivity contribution < 1.29 is 19.4 Å². The molecule has 0 unspecified atom stereocenters. The summed E-state index contributed by atoms with van der Waals surface area (Å²) in [7, 11) is 1.34. The molecule has 1 aromatic carbocycles. The van der Waals surface area contributed by atoms with Gasteiger partial charge in [0.05, 0.1) is 18.1 Å². The molecular weight excluding hydrogens is 472 g/mol. The maximum Gasteiger partial charge on any atom is 0.341 e. The van der Waals surface area contributed by atoms with Crippen LogP contribution in [0.25, 0.3) is 11.0 Å². The summed E-state index contributed by atoms with van der Waals surface area (Å²) in [5.74, 6) is -1.20. The maximum absolute atomic E-state index is 12.5. The number of hydrogen-bond acceptors (Lipinski definition) is 8. The number of carboxylic acid groups (broad SMARTS) is 1. The summed E-state index contributed by atoms with van der Waals surface area (Å²) in [6.45, 7) is 4.79. The Kier molecular flexibility index (Phi) is 6.92. The topological polar surface area (TPSA) is 130 Å². The Labute approximate surface area is 206 Å². The number of aromatic nitrogens is 3. The SMILES string of the molecule is CCn1cc(C(=O)O)c(=O)c2cnc(N3CCN(C(=S)Nc4ccc(C(=O)OC)cc4)CC3)nc21. The molecule has 1 aliphatic heterocycles. The number of hydrogen-bond donors (Lipinski definition) is 2. The van der Waals surface area contributed by atoms with Crippen LogP contribution in [0.5, 0.6) is 0 Å². The Morgan fingerprint density at radius 2 is 1.86 bits per heavy atom. The first-order chi connectivity index (χ1) is 16.8. The van der Waals surface area contributed by atoms with Gasteiger partial charge in [0.25, 0.3) is 0 Å². The molecule has 0 atom stereocenters. The minimum atomic E-state index is -1.27. The van der Waals surface area contributed by atoms with Crippen LogP contribution in [0, 0.1) is 0 Å². The van der Waals surface area contributed by atoms with Crippen molar-refractivity contribution in [2.24, 2.45) is 0 Å². The molecule has 0 aliphatic carbocycles. The lowest BCUT2D eigenvalue weighted by Gasteiger charge is -2.36. The number of methoxy groups -OCH3 is 1. The molecule has 11 nitrogen and oxygen atoms in total. The van der Waals surface area contributed by atoms with Crippen molar-refractivity contribution in [1.29, 1.82) is 0 Å². The summed E-state index contributed by atoms with van der Waals surface area (Å²) >= 11 is 5.55. The first-order valence-corrected chi connectivity index (χ1v) is 11.4. The molecule has 0 spiro atoms. The van der Waals surface area contributed by atoms with E-state index in [0.717, 1.165) is 5.69 Å². The number of rotatable bonds is 5. The third-order valence-corrected chi connectivity index (χ3v) is 6.14. The summed E-state index contributed by atoms with van der Waals surface area (Å²) < 4.78 is 6.35. The van der Waals surface area contributed by atoms with Crippen molar-refractivity contribution >= 4 is 51.9 Å². The van der Waals surface area contributed by atoms with E-state index in [4.69, 9.17) is 17.0 Å². The van der Waals surface area contributed by atoms with Gasteiger partial charge in [-0.2, -0.15) is 4.98 Å². The van der Waals surface area contributed by atoms with Gasteiger partial charge in [-0.25, -0.2) is 14.6 Å². The molecule has 35 heavy (non-hydrogen) atoms. The molecule has 0 saturated carbocycles. The van der Waals surface area contributed by atoms with Gasteiger partial charge in [0.15, 0.2) is 5.11 Å². The van der Waals surface area contributed by atoms with Gasteiger partial charge in [0.1, 0.15) is 11.2 Å². The van der Waals surface area contributed by atoms with Crippen LogP contribution in [0.15, 0.2) is 41.5 Å². The largest absolute Gasteiger partial charge is 0.477 e. The number of anilines is 2. The fourth-order valence-corrected chi connectivity index (χ4v) is 4.13. The van der Waals surface area contributed by atoms with E-state index in [0.29, 0.717) is 55.0 Å². The Bertz CT molecular complexity index is 1350. The van der Waals surface area contributed by atoms with Crippen molar-refractivity contribution in [3.63, 3.8) is 0 Å². The standard InChI is InChI=1S/C23H24N6O5S/c1-3-27-13-17(20(31)32)18(30)16-12-24-22(26-19(16)27)28-8-10-29(11-9-28)23(35)25-15-6-4-14(5-7-15)21(33)34-2/h4-7,12-13H,3,8-11H2,1-2H3,(H,25,35)(H,31,32). The average molecular weight is 497 g/mol. The molecular formula is C23H24N6O5S. The lowest BCUT2D eigenvalue weighted by Crippen LogP contribution is -2.50. The summed E-state index contributed by atoms with van der Waals surface area (Å²) in [5.41, 5.74) is 0.735. The molecule has 0 amide bonds. The molecule has 1 fully saturated rings. The Hall–Kier alpha value is -4.06. The van der Waals surface area contributed by atoms with E-state index in [9.17, 15) is 19.5 Å². The number of nitrogens with one attached hydrogen (secondary N) is 1. The number of nitrogens with zero attached hydrogens (tertiary/aromatic N) is 5. The first-order valence-electron chi connectivity index (χ1n) is 10.9. The van der Waals surface area contributed by atoms with E-state index in [-0.39, 0.29) is 10.9 Å². The number of aromatic carboxylic acids is 1. The number of esters is 1. The van der Waals surface area contributed by atoms with E-state index < -0.39 is 17.4 Å². The van der Waals surface area contributed by atoms with Crippen LogP contribution >= 0.6 is 12.2 Å². The Morgan fingerprint density at radius 3 is 2.46 bits per heavy atom. The van der Waals surface area contributed by atoms with E-state index in [1.807, 2.05) is 16.7 Å². The fraction of sp³-hybridized carbons (Fsp3) is 0.304. The van der Waals surface area contributed by atoms with E-state index in [1.165, 1.54) is 19.5 Å². The number of fused-ring (bicyclic) bond motifs is 1. The molecule has 1 aliphatic rings. The van der Waals surface area contributed by atoms with E-state index >= 15 is 0 Å². The van der Waals surface area contributed by atoms with Crippen molar-refractivity contribution in [1.82, 2.24) is 19.4 Å². The van der Waals surface area contributed by atoms with Crippen LogP contribution in [-0.4, -0.2) is 74.9 Å².